The Morgan fingerprint density at radius 2 is 1.59 bits per heavy atom. The summed E-state index contributed by atoms with van der Waals surface area (Å²) >= 11 is 0. The zero-order valence-corrected chi connectivity index (χ0v) is 8.58. The maximum atomic E-state index is 10.9. The van der Waals surface area contributed by atoms with Crippen molar-refractivity contribution in [2.75, 3.05) is 0 Å². The Labute approximate surface area is 94.4 Å². The Balaban J connectivity index is 3.60. The maximum absolute atomic E-state index is 10.9. The van der Waals surface area contributed by atoms with E-state index in [9.17, 15) is 30.0 Å². The summed E-state index contributed by atoms with van der Waals surface area (Å²) in [5, 5.41) is 55.1. The molecular weight excluding hydrogens is 236 g/mol. The second-order valence-electron chi connectivity index (χ2n) is 3.57. The van der Waals surface area contributed by atoms with Crippen molar-refractivity contribution in [3.05, 3.63) is 22.9 Å². The monoisotopic (exact) mass is 246 g/mol. The standard InChI is InChI=1S/C9H10O8/c1-2-3(7(13)14)9(17,8(15)16)6(12)5(11)4(2)10/h3,10-12,17H,1H3,(H,13,14)(H,15,16). The highest BCUT2D eigenvalue weighted by atomic mass is 16.4. The van der Waals surface area contributed by atoms with E-state index in [-0.39, 0.29) is 0 Å². The average Bonchev–Trinajstić information content (AvgIpc) is 2.23. The van der Waals surface area contributed by atoms with Crippen LogP contribution in [-0.4, -0.2) is 48.2 Å². The van der Waals surface area contributed by atoms with Crippen molar-refractivity contribution < 1.29 is 40.2 Å². The van der Waals surface area contributed by atoms with Gasteiger partial charge in [0.2, 0.25) is 5.60 Å². The van der Waals surface area contributed by atoms with E-state index in [2.05, 4.69) is 0 Å². The number of carboxylic acid groups (broad SMARTS) is 2. The predicted octanol–water partition coefficient (Wildman–Crippen LogP) is -0.324. The number of rotatable bonds is 2. The molecule has 8 heteroatoms. The quantitative estimate of drug-likeness (QED) is 0.387. The van der Waals surface area contributed by atoms with Crippen LogP contribution in [0.3, 0.4) is 0 Å². The topological polar surface area (TPSA) is 156 Å². The second-order valence-corrected chi connectivity index (χ2v) is 3.57. The minimum Gasteiger partial charge on any atom is -0.505 e. The van der Waals surface area contributed by atoms with Crippen LogP contribution in [0.25, 0.3) is 0 Å². The predicted molar refractivity (Wildman–Crippen MR) is 51.3 cm³/mol. The summed E-state index contributed by atoms with van der Waals surface area (Å²) in [6.07, 6.45) is 0. The van der Waals surface area contributed by atoms with E-state index in [0.717, 1.165) is 6.92 Å². The van der Waals surface area contributed by atoms with Crippen LogP contribution < -0.4 is 0 Å². The van der Waals surface area contributed by atoms with E-state index in [1.165, 1.54) is 0 Å². The number of aliphatic hydroxyl groups excluding tert-OH is 3. The minimum atomic E-state index is -3.22. The first-order valence-electron chi connectivity index (χ1n) is 4.37. The lowest BCUT2D eigenvalue weighted by molar-refractivity contribution is -0.171. The fourth-order valence-corrected chi connectivity index (χ4v) is 1.65. The molecule has 2 atom stereocenters. The zero-order valence-electron chi connectivity index (χ0n) is 8.58. The van der Waals surface area contributed by atoms with Crippen LogP contribution >= 0.6 is 0 Å². The Bertz CT molecular complexity index is 460. The number of carboxylic acids is 2. The first-order chi connectivity index (χ1) is 7.65. The van der Waals surface area contributed by atoms with E-state index in [1.807, 2.05) is 0 Å². The van der Waals surface area contributed by atoms with E-state index in [1.54, 1.807) is 0 Å². The van der Waals surface area contributed by atoms with Gasteiger partial charge < -0.3 is 30.6 Å². The van der Waals surface area contributed by atoms with Crippen molar-refractivity contribution in [1.82, 2.24) is 0 Å². The molecule has 1 rings (SSSR count). The van der Waals surface area contributed by atoms with Gasteiger partial charge in [0.1, 0.15) is 5.92 Å². The summed E-state index contributed by atoms with van der Waals surface area (Å²) in [6, 6.07) is 0. The summed E-state index contributed by atoms with van der Waals surface area (Å²) in [5.74, 6) is -9.67. The van der Waals surface area contributed by atoms with Gasteiger partial charge in [-0.15, -0.1) is 0 Å². The third kappa shape index (κ3) is 1.49. The maximum Gasteiger partial charge on any atom is 0.345 e. The molecule has 8 nitrogen and oxygen atoms in total. The number of hydrogen-bond acceptors (Lipinski definition) is 6. The zero-order chi connectivity index (χ0) is 13.5. The Hall–Kier alpha value is -2.22. The third-order valence-electron chi connectivity index (χ3n) is 2.61. The van der Waals surface area contributed by atoms with Gasteiger partial charge in [-0.3, -0.25) is 4.79 Å². The molecule has 1 aliphatic rings. The van der Waals surface area contributed by atoms with Gasteiger partial charge in [0, 0.05) is 0 Å². The van der Waals surface area contributed by atoms with Crippen molar-refractivity contribution >= 4 is 11.9 Å². The summed E-state index contributed by atoms with van der Waals surface area (Å²) in [4.78, 5) is 21.8. The Kier molecular flexibility index (Phi) is 2.77. The second kappa shape index (κ2) is 3.67. The molecule has 0 spiro atoms. The summed E-state index contributed by atoms with van der Waals surface area (Å²) < 4.78 is 0. The number of aliphatic carboxylic acids is 2. The Morgan fingerprint density at radius 1 is 1.12 bits per heavy atom. The molecule has 0 fully saturated rings. The third-order valence-corrected chi connectivity index (χ3v) is 2.61. The van der Waals surface area contributed by atoms with Gasteiger partial charge in [-0.2, -0.15) is 0 Å². The van der Waals surface area contributed by atoms with Crippen molar-refractivity contribution in [3.63, 3.8) is 0 Å². The van der Waals surface area contributed by atoms with Crippen molar-refractivity contribution in [2.24, 2.45) is 5.92 Å². The lowest BCUT2D eigenvalue weighted by Gasteiger charge is -2.33. The average molecular weight is 246 g/mol. The van der Waals surface area contributed by atoms with E-state index in [4.69, 9.17) is 10.2 Å². The van der Waals surface area contributed by atoms with Crippen LogP contribution in [0, 0.1) is 5.92 Å². The fraction of sp³-hybridized carbons (Fsp3) is 0.333. The largest absolute Gasteiger partial charge is 0.505 e. The summed E-state index contributed by atoms with van der Waals surface area (Å²) in [6.45, 7) is 1.02. The molecule has 1 aliphatic carbocycles. The highest BCUT2D eigenvalue weighted by Crippen LogP contribution is 2.39. The number of carbonyl (C=O) groups is 2. The van der Waals surface area contributed by atoms with Crippen molar-refractivity contribution in [2.45, 2.75) is 12.5 Å². The van der Waals surface area contributed by atoms with Crippen LogP contribution in [0.1, 0.15) is 6.92 Å². The van der Waals surface area contributed by atoms with Crippen molar-refractivity contribution in [1.29, 1.82) is 0 Å². The first-order valence-corrected chi connectivity index (χ1v) is 4.37. The van der Waals surface area contributed by atoms with Crippen molar-refractivity contribution in [3.8, 4) is 0 Å². The lowest BCUT2D eigenvalue weighted by atomic mass is 9.76. The lowest BCUT2D eigenvalue weighted by Crippen LogP contribution is -2.53. The van der Waals surface area contributed by atoms with Gasteiger partial charge >= 0.3 is 11.9 Å². The van der Waals surface area contributed by atoms with Gasteiger partial charge in [-0.05, 0) is 12.5 Å². The van der Waals surface area contributed by atoms with Crippen LogP contribution in [-0.2, 0) is 9.59 Å². The van der Waals surface area contributed by atoms with Crippen LogP contribution in [0.5, 0.6) is 0 Å². The van der Waals surface area contributed by atoms with Crippen LogP contribution in [0.4, 0.5) is 0 Å². The summed E-state index contributed by atoms with van der Waals surface area (Å²) in [7, 11) is 0. The molecule has 2 unspecified atom stereocenters. The molecule has 0 saturated carbocycles. The molecule has 0 aromatic heterocycles. The molecule has 6 N–H and O–H groups in total. The van der Waals surface area contributed by atoms with Crippen LogP contribution in [0.15, 0.2) is 22.9 Å². The van der Waals surface area contributed by atoms with E-state index in [0.29, 0.717) is 0 Å². The van der Waals surface area contributed by atoms with Gasteiger partial charge in [0.05, 0.1) is 0 Å². The molecule has 0 heterocycles. The fourth-order valence-electron chi connectivity index (χ4n) is 1.65. The Morgan fingerprint density at radius 3 is 1.94 bits per heavy atom. The van der Waals surface area contributed by atoms with Crippen LogP contribution in [0.2, 0.25) is 0 Å². The number of hydrogen-bond donors (Lipinski definition) is 6. The normalized spacial score (nSPS) is 29.4. The van der Waals surface area contributed by atoms with E-state index >= 15 is 0 Å². The number of aliphatic hydroxyl groups is 4. The minimum absolute atomic E-state index is 0.474. The van der Waals surface area contributed by atoms with Gasteiger partial charge in [-0.25, -0.2) is 4.79 Å². The molecule has 0 aromatic rings. The SMILES string of the molecule is CC1=C(O)C(O)=C(O)C(O)(C(=O)O)C1C(=O)O. The molecule has 0 amide bonds. The molecule has 0 radical (unpaired) electrons. The molecular formula is C9H10O8. The molecule has 0 aliphatic heterocycles. The smallest absolute Gasteiger partial charge is 0.345 e. The molecule has 0 saturated heterocycles. The first kappa shape index (κ1) is 12.8. The van der Waals surface area contributed by atoms with Gasteiger partial charge in [0.15, 0.2) is 17.3 Å². The van der Waals surface area contributed by atoms with Gasteiger partial charge in [-0.1, -0.05) is 0 Å². The van der Waals surface area contributed by atoms with E-state index < -0.39 is 46.3 Å². The highest BCUT2D eigenvalue weighted by molar-refractivity contribution is 5.91. The summed E-state index contributed by atoms with van der Waals surface area (Å²) in [5.41, 5.74) is -3.69. The molecule has 0 bridgehead atoms. The molecule has 0 aromatic carbocycles. The molecule has 94 valence electrons. The molecule has 17 heavy (non-hydrogen) atoms. The highest BCUT2D eigenvalue weighted by Gasteiger charge is 2.58. The van der Waals surface area contributed by atoms with Gasteiger partial charge in [0.25, 0.3) is 0 Å².